The number of rotatable bonds is 11. The summed E-state index contributed by atoms with van der Waals surface area (Å²) in [5, 5.41) is 6.93. The molecule has 0 fully saturated rings. The number of anilines is 2. The Labute approximate surface area is 186 Å². The quantitative estimate of drug-likeness (QED) is 0.378. The first-order valence-electron chi connectivity index (χ1n) is 10.3. The van der Waals surface area contributed by atoms with E-state index >= 15 is 0 Å². The second-order valence-electron chi connectivity index (χ2n) is 7.01. The van der Waals surface area contributed by atoms with E-state index in [1.54, 1.807) is 25.2 Å². The molecule has 0 saturated carbocycles. The Balaban J connectivity index is 1.50. The smallest absolute Gasteiger partial charge is 0.332 e. The third kappa shape index (κ3) is 6.87. The molecule has 0 aliphatic rings. The maximum atomic E-state index is 12.4. The average molecular weight is 462 g/mol. The summed E-state index contributed by atoms with van der Waals surface area (Å²) in [6.45, 7) is 6.45. The van der Waals surface area contributed by atoms with Crippen LogP contribution < -0.4 is 10.6 Å². The van der Waals surface area contributed by atoms with Gasteiger partial charge < -0.3 is 19.7 Å². The van der Waals surface area contributed by atoms with Crippen LogP contribution in [0.5, 0.6) is 0 Å². The van der Waals surface area contributed by atoms with E-state index in [-0.39, 0.29) is 25.0 Å². The summed E-state index contributed by atoms with van der Waals surface area (Å²) >= 11 is 1.61. The van der Waals surface area contributed by atoms with Crippen molar-refractivity contribution < 1.29 is 18.4 Å². The monoisotopic (exact) mass is 461 g/mol. The van der Waals surface area contributed by atoms with Gasteiger partial charge in [0.2, 0.25) is 5.91 Å². The van der Waals surface area contributed by atoms with Crippen molar-refractivity contribution in [1.29, 1.82) is 0 Å². The van der Waals surface area contributed by atoms with E-state index in [0.717, 1.165) is 26.6 Å². The molecule has 1 amide bonds. The lowest BCUT2D eigenvalue weighted by Gasteiger charge is -2.17. The molecular weight excluding hydrogens is 433 g/mol. The van der Waals surface area contributed by atoms with Crippen molar-refractivity contribution >= 4 is 45.9 Å². The zero-order chi connectivity index (χ0) is 22.3. The van der Waals surface area contributed by atoms with Gasteiger partial charge in [-0.15, -0.1) is 0 Å². The lowest BCUT2D eigenvalue weighted by Crippen LogP contribution is -2.28. The lowest BCUT2D eigenvalue weighted by molar-refractivity contribution is -0.120. The molecule has 0 unspecified atom stereocenters. The Morgan fingerprint density at radius 2 is 1.81 bits per heavy atom. The normalized spacial score (nSPS) is 11.6. The van der Waals surface area contributed by atoms with Crippen LogP contribution in [0.25, 0.3) is 10.2 Å². The number of carbonyl (C=O) groups is 1. The fraction of sp³-hybridized carbons (Fsp3) is 0.364. The lowest BCUT2D eigenvalue weighted by atomic mass is 10.1. The Morgan fingerprint density at radius 3 is 2.48 bits per heavy atom. The summed E-state index contributed by atoms with van der Waals surface area (Å²) in [6.07, 6.45) is 0.402. The van der Waals surface area contributed by atoms with Gasteiger partial charge in [-0.3, -0.25) is 9.36 Å². The first kappa shape index (κ1) is 23.4. The minimum absolute atomic E-state index is 0.137. The van der Waals surface area contributed by atoms with Gasteiger partial charge in [0.25, 0.3) is 0 Å². The molecule has 2 aromatic carbocycles. The number of amides is 1. The highest BCUT2D eigenvalue weighted by Crippen LogP contribution is 2.47. The topological polar surface area (TPSA) is 89.5 Å². The van der Waals surface area contributed by atoms with Gasteiger partial charge in [0.05, 0.1) is 36.0 Å². The van der Waals surface area contributed by atoms with Gasteiger partial charge >= 0.3 is 7.60 Å². The molecule has 1 heterocycles. The van der Waals surface area contributed by atoms with Crippen molar-refractivity contribution in [3.8, 4) is 0 Å². The van der Waals surface area contributed by atoms with Crippen LogP contribution in [0, 0.1) is 6.92 Å². The van der Waals surface area contributed by atoms with Gasteiger partial charge in [0.15, 0.2) is 5.13 Å². The van der Waals surface area contributed by atoms with Crippen LogP contribution in [0.4, 0.5) is 10.8 Å². The van der Waals surface area contributed by atoms with Crippen molar-refractivity contribution in [3.05, 3.63) is 53.6 Å². The second kappa shape index (κ2) is 10.9. The van der Waals surface area contributed by atoms with Gasteiger partial charge in [-0.05, 0) is 56.2 Å². The van der Waals surface area contributed by atoms with E-state index in [0.29, 0.717) is 13.2 Å². The number of benzene rings is 2. The number of thiazole rings is 1. The van der Waals surface area contributed by atoms with E-state index in [9.17, 15) is 9.36 Å². The van der Waals surface area contributed by atoms with Crippen LogP contribution in [0.3, 0.4) is 0 Å². The van der Waals surface area contributed by atoms with Gasteiger partial charge in [-0.1, -0.05) is 29.5 Å². The number of aromatic nitrogens is 1. The molecule has 7 nitrogen and oxygen atoms in total. The summed E-state index contributed by atoms with van der Waals surface area (Å²) in [5.74, 6) is -0.137. The number of hydrogen-bond donors (Lipinski definition) is 2. The van der Waals surface area contributed by atoms with Crippen molar-refractivity contribution in [2.75, 3.05) is 31.2 Å². The van der Waals surface area contributed by atoms with E-state index in [2.05, 4.69) is 34.7 Å². The van der Waals surface area contributed by atoms with Crippen molar-refractivity contribution in [1.82, 2.24) is 10.3 Å². The first-order chi connectivity index (χ1) is 14.9. The predicted octanol–water partition coefficient (Wildman–Crippen LogP) is 5.27. The molecule has 3 rings (SSSR count). The molecule has 0 aliphatic heterocycles. The largest absolute Gasteiger partial charge is 0.355 e. The summed E-state index contributed by atoms with van der Waals surface area (Å²) in [5.41, 5.74) is 3.99. The number of fused-ring (bicyclic) bond motifs is 1. The molecule has 0 radical (unpaired) electrons. The standard InChI is InChI=1S/C22H28N3O4PS/c1-4-28-30(27,29-5-2)13-12-23-21(26)15-17-7-9-18(10-8-17)24-22-25-19-11-6-16(3)14-20(19)31-22/h6-11,14H,4-5,12-13,15H2,1-3H3,(H,23,26)(H,24,25). The molecule has 0 atom stereocenters. The second-order valence-corrected chi connectivity index (χ2v) is 10.2. The number of aryl methyl sites for hydroxylation is 1. The summed E-state index contributed by atoms with van der Waals surface area (Å²) in [7, 11) is -3.14. The van der Waals surface area contributed by atoms with Crippen LogP contribution >= 0.6 is 18.9 Å². The van der Waals surface area contributed by atoms with Gasteiger partial charge in [0.1, 0.15) is 0 Å². The molecule has 0 saturated heterocycles. The van der Waals surface area contributed by atoms with Crippen molar-refractivity contribution in [3.63, 3.8) is 0 Å². The van der Waals surface area contributed by atoms with Crippen LogP contribution in [0.2, 0.25) is 0 Å². The van der Waals surface area contributed by atoms with Crippen LogP contribution in [0.1, 0.15) is 25.0 Å². The number of nitrogens with one attached hydrogen (secondary N) is 2. The van der Waals surface area contributed by atoms with Crippen LogP contribution in [-0.2, 0) is 24.8 Å². The number of carbonyl (C=O) groups excluding carboxylic acids is 1. The molecule has 166 valence electrons. The van der Waals surface area contributed by atoms with E-state index < -0.39 is 7.60 Å². The van der Waals surface area contributed by atoms with E-state index in [1.165, 1.54) is 5.56 Å². The first-order valence-corrected chi connectivity index (χ1v) is 12.8. The highest BCUT2D eigenvalue weighted by molar-refractivity contribution is 7.53. The minimum atomic E-state index is -3.14. The maximum Gasteiger partial charge on any atom is 0.332 e. The van der Waals surface area contributed by atoms with Crippen LogP contribution in [-0.4, -0.2) is 36.8 Å². The predicted molar refractivity (Wildman–Crippen MR) is 127 cm³/mol. The summed E-state index contributed by atoms with van der Waals surface area (Å²) in [4.78, 5) is 16.8. The number of nitrogens with zero attached hydrogens (tertiary/aromatic N) is 1. The van der Waals surface area contributed by atoms with Gasteiger partial charge in [-0.25, -0.2) is 4.98 Å². The Bertz CT molecular complexity index is 1060. The van der Waals surface area contributed by atoms with Crippen LogP contribution in [0.15, 0.2) is 42.5 Å². The van der Waals surface area contributed by atoms with E-state index in [4.69, 9.17) is 9.05 Å². The van der Waals surface area contributed by atoms with Crippen molar-refractivity contribution in [2.24, 2.45) is 0 Å². The molecule has 0 bridgehead atoms. The fourth-order valence-electron chi connectivity index (χ4n) is 3.05. The minimum Gasteiger partial charge on any atom is -0.355 e. The molecule has 31 heavy (non-hydrogen) atoms. The molecule has 0 aliphatic carbocycles. The molecule has 0 spiro atoms. The van der Waals surface area contributed by atoms with Gasteiger partial charge in [0, 0.05) is 12.2 Å². The summed E-state index contributed by atoms with van der Waals surface area (Å²) < 4.78 is 24.0. The fourth-order valence-corrected chi connectivity index (χ4v) is 5.54. The number of hydrogen-bond acceptors (Lipinski definition) is 7. The Hall–Kier alpha value is -2.25. The van der Waals surface area contributed by atoms with Gasteiger partial charge in [-0.2, -0.15) is 0 Å². The summed E-state index contributed by atoms with van der Waals surface area (Å²) in [6, 6.07) is 13.9. The Kier molecular flexibility index (Phi) is 8.21. The Morgan fingerprint density at radius 1 is 1.10 bits per heavy atom. The zero-order valence-electron chi connectivity index (χ0n) is 18.0. The zero-order valence-corrected chi connectivity index (χ0v) is 19.7. The molecule has 9 heteroatoms. The van der Waals surface area contributed by atoms with Crippen molar-refractivity contribution in [2.45, 2.75) is 27.2 Å². The van der Waals surface area contributed by atoms with E-state index in [1.807, 2.05) is 30.3 Å². The molecule has 1 aromatic heterocycles. The third-order valence-corrected chi connectivity index (χ3v) is 7.48. The molecule has 3 aromatic rings. The SMILES string of the molecule is CCOP(=O)(CCNC(=O)Cc1ccc(Nc2nc3ccc(C)cc3s2)cc1)OCC. The highest BCUT2D eigenvalue weighted by atomic mass is 32.1. The third-order valence-electron chi connectivity index (χ3n) is 4.47. The maximum absolute atomic E-state index is 12.4. The molecule has 2 N–H and O–H groups in total. The molecular formula is C22H28N3O4PS. The average Bonchev–Trinajstić information content (AvgIpc) is 3.11. The highest BCUT2D eigenvalue weighted by Gasteiger charge is 2.23.